The van der Waals surface area contributed by atoms with E-state index in [1.165, 1.54) is 0 Å². The highest BCUT2D eigenvalue weighted by molar-refractivity contribution is 5.87. The van der Waals surface area contributed by atoms with E-state index in [2.05, 4.69) is 0 Å². The van der Waals surface area contributed by atoms with Gasteiger partial charge in [-0.2, -0.15) is 0 Å². The lowest BCUT2D eigenvalue weighted by atomic mass is 9.95. The molecule has 1 aromatic rings. The van der Waals surface area contributed by atoms with E-state index < -0.39 is 23.7 Å². The lowest BCUT2D eigenvalue weighted by Gasteiger charge is -2.15. The molecule has 2 atom stereocenters. The molecular formula is C14H20ClN3O3. The number of hydrogen-bond donors (Lipinski definition) is 3. The van der Waals surface area contributed by atoms with Crippen LogP contribution in [0.4, 0.5) is 0 Å². The number of hydrogen-bond acceptors (Lipinski definition) is 4. The maximum absolute atomic E-state index is 11.3. The van der Waals surface area contributed by atoms with Crippen LogP contribution in [0.3, 0.4) is 0 Å². The number of amides is 2. The van der Waals surface area contributed by atoms with Crippen molar-refractivity contribution in [2.24, 2.45) is 23.3 Å². The van der Waals surface area contributed by atoms with Crippen LogP contribution in [-0.4, -0.2) is 41.5 Å². The van der Waals surface area contributed by atoms with Crippen molar-refractivity contribution in [1.29, 1.82) is 0 Å². The van der Waals surface area contributed by atoms with Crippen LogP contribution in [0.2, 0.25) is 0 Å². The monoisotopic (exact) mass is 313 g/mol. The van der Waals surface area contributed by atoms with E-state index in [9.17, 15) is 14.7 Å². The lowest BCUT2D eigenvalue weighted by Crippen LogP contribution is -2.36. The first-order valence-electron chi connectivity index (χ1n) is 6.56. The molecule has 7 heteroatoms. The van der Waals surface area contributed by atoms with Gasteiger partial charge in [0.1, 0.15) is 5.75 Å². The van der Waals surface area contributed by atoms with Gasteiger partial charge in [0.2, 0.25) is 11.8 Å². The number of nitrogens with two attached hydrogens (primary N) is 2. The van der Waals surface area contributed by atoms with Crippen molar-refractivity contribution in [2.45, 2.75) is 6.42 Å². The standard InChI is InChI=1S/C14H19N3O3.ClH/c15-13(19)11-7-17(8-12(11)14(16)20)6-5-9-1-3-10(18)4-2-9;/h1-4,11-12,18H,5-8H2,(H2,15,19)(H2,16,20);1H. The van der Waals surface area contributed by atoms with Crippen molar-refractivity contribution in [3.63, 3.8) is 0 Å². The molecule has 1 aliphatic heterocycles. The molecule has 2 rings (SSSR count). The number of primary amides is 2. The van der Waals surface area contributed by atoms with E-state index in [-0.39, 0.29) is 18.2 Å². The Morgan fingerprint density at radius 1 is 1.10 bits per heavy atom. The van der Waals surface area contributed by atoms with Crippen LogP contribution in [0.5, 0.6) is 5.75 Å². The van der Waals surface area contributed by atoms with Crippen molar-refractivity contribution in [2.75, 3.05) is 19.6 Å². The number of phenols is 1. The second-order valence-corrected chi connectivity index (χ2v) is 5.19. The third-order valence-electron chi connectivity index (χ3n) is 3.78. The molecule has 5 N–H and O–H groups in total. The highest BCUT2D eigenvalue weighted by Gasteiger charge is 2.39. The van der Waals surface area contributed by atoms with E-state index >= 15 is 0 Å². The zero-order valence-corrected chi connectivity index (χ0v) is 12.4. The fourth-order valence-corrected chi connectivity index (χ4v) is 2.59. The summed E-state index contributed by atoms with van der Waals surface area (Å²) in [7, 11) is 0. The third-order valence-corrected chi connectivity index (χ3v) is 3.78. The molecule has 0 radical (unpaired) electrons. The molecule has 0 saturated carbocycles. The Kier molecular flexibility index (Phi) is 5.99. The third kappa shape index (κ3) is 4.34. The van der Waals surface area contributed by atoms with Crippen molar-refractivity contribution >= 4 is 24.2 Å². The van der Waals surface area contributed by atoms with Gasteiger partial charge in [-0.1, -0.05) is 12.1 Å². The van der Waals surface area contributed by atoms with E-state index in [0.29, 0.717) is 13.1 Å². The summed E-state index contributed by atoms with van der Waals surface area (Å²) in [5.41, 5.74) is 11.7. The van der Waals surface area contributed by atoms with E-state index in [4.69, 9.17) is 11.5 Å². The summed E-state index contributed by atoms with van der Waals surface area (Å²) in [6, 6.07) is 6.97. The molecule has 1 aliphatic rings. The first-order chi connectivity index (χ1) is 9.47. The van der Waals surface area contributed by atoms with E-state index in [0.717, 1.165) is 18.5 Å². The zero-order chi connectivity index (χ0) is 14.7. The summed E-state index contributed by atoms with van der Waals surface area (Å²) in [5, 5.41) is 9.21. The number of aromatic hydroxyl groups is 1. The van der Waals surface area contributed by atoms with Crippen LogP contribution in [0.15, 0.2) is 24.3 Å². The molecule has 0 aliphatic carbocycles. The van der Waals surface area contributed by atoms with Gasteiger partial charge in [-0.3, -0.25) is 9.59 Å². The summed E-state index contributed by atoms with van der Waals surface area (Å²) in [4.78, 5) is 24.7. The van der Waals surface area contributed by atoms with Gasteiger partial charge in [0.25, 0.3) is 0 Å². The van der Waals surface area contributed by atoms with Crippen molar-refractivity contribution in [3.05, 3.63) is 29.8 Å². The van der Waals surface area contributed by atoms with Crippen LogP contribution in [0.25, 0.3) is 0 Å². The molecular weight excluding hydrogens is 294 g/mol. The molecule has 0 aromatic heterocycles. The topological polar surface area (TPSA) is 110 Å². The fraction of sp³-hybridized carbons (Fsp3) is 0.429. The second-order valence-electron chi connectivity index (χ2n) is 5.19. The second kappa shape index (κ2) is 7.28. The highest BCUT2D eigenvalue weighted by Crippen LogP contribution is 2.23. The minimum atomic E-state index is -0.493. The van der Waals surface area contributed by atoms with Gasteiger partial charge >= 0.3 is 0 Å². The SMILES string of the molecule is Cl.NC(=O)C1CN(CCc2ccc(O)cc2)CC1C(N)=O. The molecule has 0 bridgehead atoms. The van der Waals surface area contributed by atoms with Crippen LogP contribution < -0.4 is 11.5 Å². The first-order valence-corrected chi connectivity index (χ1v) is 6.56. The molecule has 6 nitrogen and oxygen atoms in total. The largest absolute Gasteiger partial charge is 0.508 e. The zero-order valence-electron chi connectivity index (χ0n) is 11.6. The quantitative estimate of drug-likeness (QED) is 0.703. The number of carbonyl (C=O) groups is 2. The van der Waals surface area contributed by atoms with Crippen molar-refractivity contribution in [3.8, 4) is 5.75 Å². The van der Waals surface area contributed by atoms with Gasteiger partial charge in [-0.15, -0.1) is 12.4 Å². The van der Waals surface area contributed by atoms with Crippen LogP contribution in [0.1, 0.15) is 5.56 Å². The van der Waals surface area contributed by atoms with Gasteiger partial charge in [0.05, 0.1) is 11.8 Å². The Balaban J connectivity index is 0.00000220. The number of likely N-dealkylation sites (tertiary alicyclic amines) is 1. The van der Waals surface area contributed by atoms with Gasteiger partial charge in [0, 0.05) is 19.6 Å². The van der Waals surface area contributed by atoms with Crippen LogP contribution >= 0.6 is 12.4 Å². The highest BCUT2D eigenvalue weighted by atomic mass is 35.5. The normalized spacial score (nSPS) is 21.7. The average Bonchev–Trinajstić information content (AvgIpc) is 2.83. The lowest BCUT2D eigenvalue weighted by molar-refractivity contribution is -0.129. The Hall–Kier alpha value is -1.79. The number of rotatable bonds is 5. The molecule has 2 amide bonds. The van der Waals surface area contributed by atoms with Gasteiger partial charge in [-0.25, -0.2) is 0 Å². The predicted octanol–water partition coefficient (Wildman–Crippen LogP) is -0.125. The maximum atomic E-state index is 11.3. The molecule has 1 fully saturated rings. The minimum absolute atomic E-state index is 0. The Morgan fingerprint density at radius 3 is 2.00 bits per heavy atom. The number of halogens is 1. The fourth-order valence-electron chi connectivity index (χ4n) is 2.59. The summed E-state index contributed by atoms with van der Waals surface area (Å²) in [5.74, 6) is -1.70. The molecule has 1 aromatic carbocycles. The summed E-state index contributed by atoms with van der Waals surface area (Å²) >= 11 is 0. The van der Waals surface area contributed by atoms with E-state index in [1.807, 2.05) is 17.0 Å². The molecule has 0 spiro atoms. The smallest absolute Gasteiger partial charge is 0.222 e. The molecule has 2 unspecified atom stereocenters. The Morgan fingerprint density at radius 2 is 1.57 bits per heavy atom. The molecule has 1 heterocycles. The summed E-state index contributed by atoms with van der Waals surface area (Å²) in [6.45, 7) is 1.67. The number of carbonyl (C=O) groups excluding carboxylic acids is 2. The Bertz CT molecular complexity index is 485. The Labute approximate surface area is 129 Å². The van der Waals surface area contributed by atoms with Crippen molar-refractivity contribution < 1.29 is 14.7 Å². The first kappa shape index (κ1) is 17.3. The minimum Gasteiger partial charge on any atom is -0.508 e. The van der Waals surface area contributed by atoms with E-state index in [1.54, 1.807) is 12.1 Å². The molecule has 21 heavy (non-hydrogen) atoms. The van der Waals surface area contributed by atoms with Crippen LogP contribution in [0, 0.1) is 11.8 Å². The average molecular weight is 314 g/mol. The number of benzene rings is 1. The van der Waals surface area contributed by atoms with Gasteiger partial charge in [-0.05, 0) is 24.1 Å². The van der Waals surface area contributed by atoms with Crippen LogP contribution in [-0.2, 0) is 16.0 Å². The summed E-state index contributed by atoms with van der Waals surface area (Å²) in [6.07, 6.45) is 0.775. The maximum Gasteiger partial charge on any atom is 0.222 e. The molecule has 116 valence electrons. The molecule has 1 saturated heterocycles. The summed E-state index contributed by atoms with van der Waals surface area (Å²) < 4.78 is 0. The van der Waals surface area contributed by atoms with Gasteiger partial charge < -0.3 is 21.5 Å². The van der Waals surface area contributed by atoms with Gasteiger partial charge in [0.15, 0.2) is 0 Å². The number of phenolic OH excluding ortho intramolecular Hbond substituents is 1. The number of nitrogens with zero attached hydrogens (tertiary/aromatic N) is 1. The predicted molar refractivity (Wildman–Crippen MR) is 80.9 cm³/mol. The van der Waals surface area contributed by atoms with Crippen molar-refractivity contribution in [1.82, 2.24) is 4.90 Å².